The number of rotatable bonds is 4. The van der Waals surface area contributed by atoms with Crippen molar-refractivity contribution in [2.75, 3.05) is 19.8 Å². The second-order valence-electron chi connectivity index (χ2n) is 5.39. The van der Waals surface area contributed by atoms with E-state index in [2.05, 4.69) is 15.1 Å². The third-order valence-corrected chi connectivity index (χ3v) is 4.88. The zero-order chi connectivity index (χ0) is 14.8. The van der Waals surface area contributed by atoms with E-state index in [1.807, 2.05) is 25.3 Å². The molecule has 0 amide bonds. The number of aromatic nitrogens is 2. The largest absolute Gasteiger partial charge is 0.423 e. The Kier molecular flexibility index (Phi) is 4.59. The zero-order valence-corrected chi connectivity index (χ0v) is 13.7. The first-order valence-electron chi connectivity index (χ1n) is 7.02. The second-order valence-corrected chi connectivity index (χ2v) is 6.79. The predicted molar refractivity (Wildman–Crippen MR) is 81.7 cm³/mol. The smallest absolute Gasteiger partial charge is 0.236 e. The fourth-order valence-corrected chi connectivity index (χ4v) is 3.41. The lowest BCUT2D eigenvalue weighted by Gasteiger charge is -2.33. The van der Waals surface area contributed by atoms with E-state index >= 15 is 0 Å². The van der Waals surface area contributed by atoms with Crippen molar-refractivity contribution < 1.29 is 9.15 Å². The fraction of sp³-hybridized carbons (Fsp3) is 0.571. The fourth-order valence-electron chi connectivity index (χ4n) is 2.29. The van der Waals surface area contributed by atoms with Crippen molar-refractivity contribution in [3.63, 3.8) is 0 Å². The van der Waals surface area contributed by atoms with Gasteiger partial charge in [-0.3, -0.25) is 4.90 Å². The third kappa shape index (κ3) is 3.29. The molecule has 3 rings (SSSR count). The molecular weight excluding hydrogens is 310 g/mol. The van der Waals surface area contributed by atoms with Crippen LogP contribution in [0.4, 0.5) is 0 Å². The van der Waals surface area contributed by atoms with Crippen molar-refractivity contribution in [1.82, 2.24) is 15.1 Å². The van der Waals surface area contributed by atoms with E-state index in [1.54, 1.807) is 11.3 Å². The van der Waals surface area contributed by atoms with Gasteiger partial charge >= 0.3 is 0 Å². The monoisotopic (exact) mass is 327 g/mol. The predicted octanol–water partition coefficient (Wildman–Crippen LogP) is 3.48. The van der Waals surface area contributed by atoms with Crippen LogP contribution >= 0.6 is 22.9 Å². The second kappa shape index (κ2) is 6.44. The van der Waals surface area contributed by atoms with Crippen LogP contribution in [0.2, 0.25) is 5.02 Å². The van der Waals surface area contributed by atoms with Crippen LogP contribution in [0.3, 0.4) is 0 Å². The Hall–Kier alpha value is -0.950. The Labute approximate surface area is 132 Å². The summed E-state index contributed by atoms with van der Waals surface area (Å²) in [6.45, 7) is 6.98. The first-order valence-corrected chi connectivity index (χ1v) is 8.28. The minimum absolute atomic E-state index is 0.00285. The first-order chi connectivity index (χ1) is 10.1. The van der Waals surface area contributed by atoms with Gasteiger partial charge < -0.3 is 9.15 Å². The van der Waals surface area contributed by atoms with Crippen molar-refractivity contribution in [1.29, 1.82) is 0 Å². The van der Waals surface area contributed by atoms with E-state index in [0.29, 0.717) is 25.0 Å². The normalized spacial score (nSPS) is 20.3. The van der Waals surface area contributed by atoms with Gasteiger partial charge in [-0.05, 0) is 11.4 Å². The van der Waals surface area contributed by atoms with Gasteiger partial charge in [0.1, 0.15) is 6.04 Å². The Bertz CT molecular complexity index is 599. The topological polar surface area (TPSA) is 51.4 Å². The van der Waals surface area contributed by atoms with E-state index in [0.717, 1.165) is 23.0 Å². The molecule has 114 valence electrons. The summed E-state index contributed by atoms with van der Waals surface area (Å²) in [6.07, 6.45) is 0. The molecule has 0 unspecified atom stereocenters. The molecule has 3 heterocycles. The maximum atomic E-state index is 6.20. The molecule has 1 aliphatic rings. The molecule has 21 heavy (non-hydrogen) atoms. The summed E-state index contributed by atoms with van der Waals surface area (Å²) < 4.78 is 11.4. The molecule has 7 heteroatoms. The van der Waals surface area contributed by atoms with E-state index in [9.17, 15) is 0 Å². The van der Waals surface area contributed by atoms with Gasteiger partial charge in [-0.1, -0.05) is 25.4 Å². The number of ether oxygens (including phenoxy) is 1. The summed E-state index contributed by atoms with van der Waals surface area (Å²) in [5.41, 5.74) is 0. The third-order valence-electron chi connectivity index (χ3n) is 3.51. The van der Waals surface area contributed by atoms with Crippen LogP contribution in [0.1, 0.15) is 42.5 Å². The molecule has 0 N–H and O–H groups in total. The molecular formula is C14H18ClN3O2S. The summed E-state index contributed by atoms with van der Waals surface area (Å²) in [4.78, 5) is 3.45. The molecule has 1 fully saturated rings. The number of hydrogen-bond acceptors (Lipinski definition) is 6. The Morgan fingerprint density at radius 1 is 1.48 bits per heavy atom. The average Bonchev–Trinajstić information content (AvgIpc) is 3.10. The number of nitrogens with zero attached hydrogens (tertiary/aromatic N) is 3. The minimum atomic E-state index is -0.00285. The maximum Gasteiger partial charge on any atom is 0.236 e. The molecule has 0 aliphatic carbocycles. The lowest BCUT2D eigenvalue weighted by molar-refractivity contribution is -0.0222. The summed E-state index contributed by atoms with van der Waals surface area (Å²) >= 11 is 7.87. The van der Waals surface area contributed by atoms with Crippen molar-refractivity contribution in [2.45, 2.75) is 32.4 Å². The van der Waals surface area contributed by atoms with Crippen LogP contribution in [0.15, 0.2) is 15.9 Å². The highest BCUT2D eigenvalue weighted by Gasteiger charge is 2.30. The molecule has 0 aromatic carbocycles. The summed E-state index contributed by atoms with van der Waals surface area (Å²) in [6, 6.07) is 1.93. The molecule has 0 saturated carbocycles. The standard InChI is InChI=1S/C14H18ClN3O2S/c1-9(2)13-16-17-14(20-13)11-8-19-5-4-18(11)7-12-10(15)3-6-21-12/h3,6,9,11H,4-5,7-8H2,1-2H3/t11-/m1/s1. The molecule has 0 spiro atoms. The first kappa shape index (κ1) is 15.0. The van der Waals surface area contributed by atoms with E-state index in [4.69, 9.17) is 20.8 Å². The van der Waals surface area contributed by atoms with Crippen LogP contribution < -0.4 is 0 Å². The number of hydrogen-bond donors (Lipinski definition) is 0. The van der Waals surface area contributed by atoms with Gasteiger partial charge in [0, 0.05) is 23.9 Å². The van der Waals surface area contributed by atoms with Crippen molar-refractivity contribution in [3.8, 4) is 0 Å². The molecule has 0 bridgehead atoms. The van der Waals surface area contributed by atoms with Gasteiger partial charge in [0.2, 0.25) is 11.8 Å². The molecule has 1 atom stereocenters. The molecule has 1 aliphatic heterocycles. The molecule has 2 aromatic rings. The van der Waals surface area contributed by atoms with E-state index in [-0.39, 0.29) is 12.0 Å². The average molecular weight is 328 g/mol. The highest BCUT2D eigenvalue weighted by molar-refractivity contribution is 7.10. The SMILES string of the molecule is CC(C)c1nnc([C@H]2COCCN2Cc2sccc2Cl)o1. The highest BCUT2D eigenvalue weighted by atomic mass is 35.5. The Morgan fingerprint density at radius 2 is 2.33 bits per heavy atom. The van der Waals surface area contributed by atoms with Crippen LogP contribution in [0.25, 0.3) is 0 Å². The highest BCUT2D eigenvalue weighted by Crippen LogP contribution is 2.30. The van der Waals surface area contributed by atoms with E-state index < -0.39 is 0 Å². The van der Waals surface area contributed by atoms with Crippen molar-refractivity contribution in [3.05, 3.63) is 33.1 Å². The van der Waals surface area contributed by atoms with Crippen LogP contribution in [0.5, 0.6) is 0 Å². The van der Waals surface area contributed by atoms with Gasteiger partial charge in [-0.2, -0.15) is 0 Å². The summed E-state index contributed by atoms with van der Waals surface area (Å²) in [7, 11) is 0. The molecule has 5 nitrogen and oxygen atoms in total. The van der Waals surface area contributed by atoms with Crippen LogP contribution in [-0.2, 0) is 11.3 Å². The summed E-state index contributed by atoms with van der Waals surface area (Å²) in [5.74, 6) is 1.53. The Balaban J connectivity index is 1.79. The molecule has 1 saturated heterocycles. The number of morpholine rings is 1. The molecule has 2 aromatic heterocycles. The van der Waals surface area contributed by atoms with E-state index in [1.165, 1.54) is 0 Å². The van der Waals surface area contributed by atoms with Gasteiger partial charge in [0.05, 0.1) is 18.2 Å². The van der Waals surface area contributed by atoms with Crippen molar-refractivity contribution in [2.24, 2.45) is 0 Å². The number of thiophene rings is 1. The van der Waals surface area contributed by atoms with Crippen LogP contribution in [0, 0.1) is 0 Å². The maximum absolute atomic E-state index is 6.20. The lowest BCUT2D eigenvalue weighted by atomic mass is 10.2. The van der Waals surface area contributed by atoms with Crippen molar-refractivity contribution >= 4 is 22.9 Å². The quantitative estimate of drug-likeness (QED) is 0.860. The number of halogens is 1. The molecule has 0 radical (unpaired) electrons. The van der Waals surface area contributed by atoms with Gasteiger partial charge in [-0.15, -0.1) is 21.5 Å². The summed E-state index contributed by atoms with van der Waals surface area (Å²) in [5, 5.41) is 11.1. The Morgan fingerprint density at radius 3 is 3.00 bits per heavy atom. The van der Waals surface area contributed by atoms with Gasteiger partial charge in [0.25, 0.3) is 0 Å². The zero-order valence-electron chi connectivity index (χ0n) is 12.1. The minimum Gasteiger partial charge on any atom is -0.423 e. The van der Waals surface area contributed by atoms with Gasteiger partial charge in [-0.25, -0.2) is 0 Å². The van der Waals surface area contributed by atoms with Crippen LogP contribution in [-0.4, -0.2) is 34.9 Å². The lowest BCUT2D eigenvalue weighted by Crippen LogP contribution is -2.39. The van der Waals surface area contributed by atoms with Gasteiger partial charge in [0.15, 0.2) is 0 Å².